The Balaban J connectivity index is 2.67. The van der Waals surface area contributed by atoms with Crippen molar-refractivity contribution in [3.8, 4) is 0 Å². The molecule has 1 amide bonds. The van der Waals surface area contributed by atoms with Crippen LogP contribution in [-0.2, 0) is 0 Å². The van der Waals surface area contributed by atoms with Crippen LogP contribution in [0.3, 0.4) is 0 Å². The zero-order chi connectivity index (χ0) is 8.72. The average molecular weight is 182 g/mol. The lowest BCUT2D eigenvalue weighted by Gasteiger charge is -2.01. The molecule has 0 fully saturated rings. The summed E-state index contributed by atoms with van der Waals surface area (Å²) >= 11 is 5.87. The third-order valence-corrected chi connectivity index (χ3v) is 2.40. The molecule has 0 saturated heterocycles. The maximum atomic E-state index is 11.3. The monoisotopic (exact) mass is 181 g/mol. The van der Waals surface area contributed by atoms with Gasteiger partial charge in [0.05, 0.1) is 16.6 Å². The Morgan fingerprint density at radius 2 is 2.25 bits per heavy atom. The number of hydrogen-bond donors (Lipinski definition) is 1. The fourth-order valence-corrected chi connectivity index (χ4v) is 1.76. The van der Waals surface area contributed by atoms with Crippen molar-refractivity contribution in [3.63, 3.8) is 0 Å². The van der Waals surface area contributed by atoms with Crippen molar-refractivity contribution < 1.29 is 4.79 Å². The Morgan fingerprint density at radius 1 is 1.50 bits per heavy atom. The number of amides is 1. The van der Waals surface area contributed by atoms with Crippen LogP contribution in [0.15, 0.2) is 18.2 Å². The van der Waals surface area contributed by atoms with Crippen LogP contribution in [0.4, 0.5) is 0 Å². The van der Waals surface area contributed by atoms with E-state index in [0.29, 0.717) is 10.6 Å². The molecular weight excluding hydrogens is 174 g/mol. The van der Waals surface area contributed by atoms with Crippen LogP contribution in [0.1, 0.15) is 28.9 Å². The van der Waals surface area contributed by atoms with Crippen molar-refractivity contribution in [1.82, 2.24) is 5.32 Å². The molecule has 1 unspecified atom stereocenters. The molecule has 1 heterocycles. The molecule has 3 heteroatoms. The predicted molar refractivity (Wildman–Crippen MR) is 47.3 cm³/mol. The Morgan fingerprint density at radius 3 is 2.92 bits per heavy atom. The largest absolute Gasteiger partial charge is 0.345 e. The Hall–Kier alpha value is -1.02. The first-order valence-corrected chi connectivity index (χ1v) is 4.17. The molecule has 1 aromatic rings. The van der Waals surface area contributed by atoms with Crippen molar-refractivity contribution in [2.45, 2.75) is 13.0 Å². The summed E-state index contributed by atoms with van der Waals surface area (Å²) in [6, 6.07) is 5.60. The van der Waals surface area contributed by atoms with E-state index in [9.17, 15) is 4.79 Å². The maximum absolute atomic E-state index is 11.3. The summed E-state index contributed by atoms with van der Waals surface area (Å²) in [6.45, 7) is 1.94. The molecule has 2 nitrogen and oxygen atoms in total. The second kappa shape index (κ2) is 2.49. The summed E-state index contributed by atoms with van der Waals surface area (Å²) in [4.78, 5) is 11.3. The van der Waals surface area contributed by atoms with Gasteiger partial charge in [-0.2, -0.15) is 0 Å². The number of fused-ring (bicyclic) bond motifs is 1. The first-order chi connectivity index (χ1) is 5.70. The number of carbonyl (C=O) groups is 1. The highest BCUT2D eigenvalue weighted by molar-refractivity contribution is 6.34. The third-order valence-electron chi connectivity index (χ3n) is 2.09. The molecule has 2 rings (SSSR count). The molecule has 0 aliphatic carbocycles. The van der Waals surface area contributed by atoms with Crippen molar-refractivity contribution in [1.29, 1.82) is 0 Å². The zero-order valence-electron chi connectivity index (χ0n) is 6.60. The lowest BCUT2D eigenvalue weighted by Crippen LogP contribution is -2.16. The molecule has 1 aromatic carbocycles. The topological polar surface area (TPSA) is 29.1 Å². The second-order valence-corrected chi connectivity index (χ2v) is 3.31. The molecule has 0 bridgehead atoms. The van der Waals surface area contributed by atoms with Gasteiger partial charge < -0.3 is 5.32 Å². The zero-order valence-corrected chi connectivity index (χ0v) is 7.35. The SMILES string of the molecule is CC1NC(=O)c2c(Cl)cccc21. The standard InChI is InChI=1S/C9H8ClNO/c1-5-6-3-2-4-7(10)8(6)9(12)11-5/h2-5H,1H3,(H,11,12). The van der Waals surface area contributed by atoms with E-state index in [2.05, 4.69) is 5.32 Å². The van der Waals surface area contributed by atoms with Gasteiger partial charge in [-0.15, -0.1) is 0 Å². The van der Waals surface area contributed by atoms with E-state index in [1.807, 2.05) is 19.1 Å². The smallest absolute Gasteiger partial charge is 0.253 e. The van der Waals surface area contributed by atoms with E-state index >= 15 is 0 Å². The highest BCUT2D eigenvalue weighted by atomic mass is 35.5. The van der Waals surface area contributed by atoms with E-state index in [4.69, 9.17) is 11.6 Å². The van der Waals surface area contributed by atoms with E-state index in [0.717, 1.165) is 5.56 Å². The molecule has 12 heavy (non-hydrogen) atoms. The van der Waals surface area contributed by atoms with Gasteiger partial charge in [-0.3, -0.25) is 4.79 Å². The first-order valence-electron chi connectivity index (χ1n) is 3.79. The van der Waals surface area contributed by atoms with E-state index in [1.165, 1.54) is 0 Å². The van der Waals surface area contributed by atoms with Crippen LogP contribution in [-0.4, -0.2) is 5.91 Å². The van der Waals surface area contributed by atoms with Gasteiger partial charge in [-0.25, -0.2) is 0 Å². The fraction of sp³-hybridized carbons (Fsp3) is 0.222. The Kier molecular flexibility index (Phi) is 1.58. The van der Waals surface area contributed by atoms with Crippen molar-refractivity contribution in [2.24, 2.45) is 0 Å². The summed E-state index contributed by atoms with van der Waals surface area (Å²) in [5, 5.41) is 3.34. The van der Waals surface area contributed by atoms with Crippen LogP contribution in [0.2, 0.25) is 5.02 Å². The molecule has 0 spiro atoms. The van der Waals surface area contributed by atoms with Gasteiger partial charge in [0, 0.05) is 0 Å². The number of rotatable bonds is 0. The van der Waals surface area contributed by atoms with Crippen LogP contribution in [0.5, 0.6) is 0 Å². The fourth-order valence-electron chi connectivity index (χ4n) is 1.49. The van der Waals surface area contributed by atoms with Gasteiger partial charge in [0.1, 0.15) is 0 Å². The molecule has 1 aliphatic rings. The van der Waals surface area contributed by atoms with Crippen molar-refractivity contribution in [2.75, 3.05) is 0 Å². The van der Waals surface area contributed by atoms with E-state index in [1.54, 1.807) is 6.07 Å². The number of carbonyl (C=O) groups excluding carboxylic acids is 1. The molecule has 0 saturated carbocycles. The normalized spacial score (nSPS) is 20.5. The minimum Gasteiger partial charge on any atom is -0.345 e. The van der Waals surface area contributed by atoms with Crippen molar-refractivity contribution >= 4 is 17.5 Å². The van der Waals surface area contributed by atoms with Gasteiger partial charge in [0.25, 0.3) is 5.91 Å². The Labute approximate surface area is 75.5 Å². The number of benzene rings is 1. The van der Waals surface area contributed by atoms with Crippen LogP contribution < -0.4 is 5.32 Å². The summed E-state index contributed by atoms with van der Waals surface area (Å²) < 4.78 is 0. The Bertz CT molecular complexity index is 348. The predicted octanol–water partition coefficient (Wildman–Crippen LogP) is 2.14. The molecule has 1 atom stereocenters. The summed E-state index contributed by atoms with van der Waals surface area (Å²) in [7, 11) is 0. The van der Waals surface area contributed by atoms with Crippen LogP contribution >= 0.6 is 11.6 Å². The third kappa shape index (κ3) is 0.916. The minimum absolute atomic E-state index is 0.0666. The highest BCUT2D eigenvalue weighted by Crippen LogP contribution is 2.29. The number of halogens is 1. The summed E-state index contributed by atoms with van der Waals surface area (Å²) in [5.74, 6) is -0.0666. The highest BCUT2D eigenvalue weighted by Gasteiger charge is 2.26. The average Bonchev–Trinajstić information content (AvgIpc) is 2.29. The van der Waals surface area contributed by atoms with E-state index in [-0.39, 0.29) is 11.9 Å². The first kappa shape index (κ1) is 7.62. The van der Waals surface area contributed by atoms with Crippen molar-refractivity contribution in [3.05, 3.63) is 34.3 Å². The van der Waals surface area contributed by atoms with E-state index < -0.39 is 0 Å². The summed E-state index contributed by atoms with van der Waals surface area (Å²) in [6.07, 6.45) is 0. The number of nitrogens with one attached hydrogen (secondary N) is 1. The van der Waals surface area contributed by atoms with Gasteiger partial charge in [0.15, 0.2) is 0 Å². The molecule has 0 aromatic heterocycles. The van der Waals surface area contributed by atoms with Crippen LogP contribution in [0.25, 0.3) is 0 Å². The van der Waals surface area contributed by atoms with Gasteiger partial charge >= 0.3 is 0 Å². The molecule has 1 aliphatic heterocycles. The van der Waals surface area contributed by atoms with Gasteiger partial charge in [-0.05, 0) is 18.6 Å². The number of hydrogen-bond acceptors (Lipinski definition) is 1. The quantitative estimate of drug-likeness (QED) is 0.653. The minimum atomic E-state index is -0.0666. The van der Waals surface area contributed by atoms with Crippen LogP contribution in [0, 0.1) is 0 Å². The molecule has 1 N–H and O–H groups in total. The molecular formula is C9H8ClNO. The molecule has 0 radical (unpaired) electrons. The second-order valence-electron chi connectivity index (χ2n) is 2.90. The summed E-state index contributed by atoms with van der Waals surface area (Å²) in [5.41, 5.74) is 1.62. The lowest BCUT2D eigenvalue weighted by atomic mass is 10.1. The molecule has 62 valence electrons. The van der Waals surface area contributed by atoms with Gasteiger partial charge in [-0.1, -0.05) is 23.7 Å². The van der Waals surface area contributed by atoms with Gasteiger partial charge in [0.2, 0.25) is 0 Å². The maximum Gasteiger partial charge on any atom is 0.253 e. The lowest BCUT2D eigenvalue weighted by molar-refractivity contribution is 0.0958.